The van der Waals surface area contributed by atoms with Gasteiger partial charge in [0.15, 0.2) is 0 Å². The van der Waals surface area contributed by atoms with Crippen molar-refractivity contribution in [2.45, 2.75) is 0 Å². The lowest BCUT2D eigenvalue weighted by Crippen LogP contribution is -1.91. The van der Waals surface area contributed by atoms with E-state index in [4.69, 9.17) is 0 Å². The lowest BCUT2D eigenvalue weighted by molar-refractivity contribution is 0.379. The Hall–Kier alpha value is 0.240. The highest BCUT2D eigenvalue weighted by molar-refractivity contribution is 7.81. The highest BCUT2D eigenvalue weighted by atomic mass is 32.2. The summed E-state index contributed by atoms with van der Waals surface area (Å²) in [6, 6.07) is 0. The van der Waals surface area contributed by atoms with Crippen molar-refractivity contribution in [2.24, 2.45) is 0 Å². The third kappa shape index (κ3) is 6.36. The maximum atomic E-state index is 9.98. The summed E-state index contributed by atoms with van der Waals surface area (Å²) < 4.78 is 54.7. The van der Waals surface area contributed by atoms with Gasteiger partial charge in [0, 0.05) is 4.57 Å². The zero-order chi connectivity index (χ0) is 8.15. The third-order valence-corrected chi connectivity index (χ3v) is 2.19. The van der Waals surface area contributed by atoms with Gasteiger partial charge in [0.25, 0.3) is 0 Å². The Balaban J connectivity index is 3.65. The van der Waals surface area contributed by atoms with Crippen molar-refractivity contribution in [1.29, 1.82) is 0 Å². The molecule has 0 rings (SSSR count). The summed E-state index contributed by atoms with van der Waals surface area (Å²) in [5, 5.41) is 0. The summed E-state index contributed by atoms with van der Waals surface area (Å²) in [6.07, 6.45) is 0. The van der Waals surface area contributed by atoms with E-state index in [1.165, 1.54) is 0 Å². The quantitative estimate of drug-likeness (QED) is 0.440. The van der Waals surface area contributed by atoms with E-state index >= 15 is 0 Å². The van der Waals surface area contributed by atoms with Crippen molar-refractivity contribution in [1.82, 2.24) is 0 Å². The highest BCUT2D eigenvalue weighted by Gasteiger charge is 2.22. The summed E-state index contributed by atoms with van der Waals surface area (Å²) in [7, 11) is -3.13. The zero-order valence-corrected chi connectivity index (χ0v) is 6.65. The van der Waals surface area contributed by atoms with E-state index in [9.17, 15) is 22.1 Å². The molecular formula is O7PS2-. The predicted octanol–water partition coefficient (Wildman–Crippen LogP) is -0.735. The molecule has 0 saturated carbocycles. The van der Waals surface area contributed by atoms with Crippen molar-refractivity contribution in [3.05, 3.63) is 0 Å². The number of rotatable bonds is 4. The fourth-order valence-electron chi connectivity index (χ4n) is 0.112. The van der Waals surface area contributed by atoms with E-state index in [1.54, 1.807) is 0 Å². The van der Waals surface area contributed by atoms with Crippen LogP contribution in [0.2, 0.25) is 0 Å². The normalized spacial score (nSPS) is 18.0. The van der Waals surface area contributed by atoms with Crippen molar-refractivity contribution in [3.63, 3.8) is 0 Å². The van der Waals surface area contributed by atoms with Crippen LogP contribution in [-0.2, 0) is 35.2 Å². The molecule has 0 aromatic heterocycles. The van der Waals surface area contributed by atoms with Crippen LogP contribution in [0.15, 0.2) is 0 Å². The fraction of sp³-hybridized carbons (Fsp3) is 0. The molecule has 2 unspecified atom stereocenters. The van der Waals surface area contributed by atoms with E-state index < -0.39 is 31.0 Å². The largest absolute Gasteiger partial charge is 0.746 e. The Morgan fingerprint density at radius 2 is 1.40 bits per heavy atom. The SMILES string of the molecule is O=[P+](OS(=O)[O-])OS(=O)[O-]. The molecule has 0 spiro atoms. The van der Waals surface area contributed by atoms with Crippen LogP contribution in [0, 0.1) is 0 Å². The first-order chi connectivity index (χ1) is 4.52. The summed E-state index contributed by atoms with van der Waals surface area (Å²) in [5.41, 5.74) is 0. The Morgan fingerprint density at radius 3 is 1.60 bits per heavy atom. The minimum atomic E-state index is -3.13. The molecule has 0 saturated heterocycles. The molecule has 0 fully saturated rings. The molecule has 0 N–H and O–H groups in total. The van der Waals surface area contributed by atoms with Crippen molar-refractivity contribution in [3.8, 4) is 0 Å². The van der Waals surface area contributed by atoms with Crippen LogP contribution in [0.25, 0.3) is 0 Å². The minimum Gasteiger partial charge on any atom is -0.746 e. The third-order valence-electron chi connectivity index (χ3n) is 0.243. The van der Waals surface area contributed by atoms with E-state index in [2.05, 4.69) is 7.94 Å². The van der Waals surface area contributed by atoms with Gasteiger partial charge in [0.2, 0.25) is 0 Å². The first-order valence-corrected chi connectivity index (χ1v) is 4.64. The molecule has 0 aromatic carbocycles. The zero-order valence-electron chi connectivity index (χ0n) is 4.12. The summed E-state index contributed by atoms with van der Waals surface area (Å²) in [5.74, 6) is 0. The van der Waals surface area contributed by atoms with Gasteiger partial charge in [-0.2, -0.15) is 0 Å². The molecule has 0 aliphatic carbocycles. The molecule has 7 nitrogen and oxygen atoms in total. The Morgan fingerprint density at radius 1 is 1.10 bits per heavy atom. The summed E-state index contributed by atoms with van der Waals surface area (Å²) in [4.78, 5) is 0. The van der Waals surface area contributed by atoms with Crippen LogP contribution in [0.5, 0.6) is 0 Å². The number of hydrogen-bond donors (Lipinski definition) is 0. The van der Waals surface area contributed by atoms with Crippen LogP contribution in [0.4, 0.5) is 0 Å². The average Bonchev–Trinajstić information content (AvgIpc) is 1.58. The number of hydrogen-bond acceptors (Lipinski definition) is 7. The van der Waals surface area contributed by atoms with Crippen LogP contribution < -0.4 is 0 Å². The summed E-state index contributed by atoms with van der Waals surface area (Å²) in [6.45, 7) is 0. The standard InChI is InChI=1S/HO7PS2/c1-8(6-9(2)3)7-10(4)5/h(H-,2,3,4,5)/p-1. The van der Waals surface area contributed by atoms with Crippen molar-refractivity contribution >= 4 is 31.0 Å². The maximum Gasteiger partial charge on any atom is 0.725 e. The maximum absolute atomic E-state index is 9.98. The summed E-state index contributed by atoms with van der Waals surface area (Å²) >= 11 is -6.09. The molecule has 0 aromatic rings. The van der Waals surface area contributed by atoms with Gasteiger partial charge >= 0.3 is 8.25 Å². The molecule has 60 valence electrons. The van der Waals surface area contributed by atoms with Gasteiger partial charge in [-0.25, -0.2) is 8.42 Å². The lowest BCUT2D eigenvalue weighted by atomic mass is 15.8. The predicted molar refractivity (Wildman–Crippen MR) is 27.6 cm³/mol. The van der Waals surface area contributed by atoms with Crippen LogP contribution in [-0.4, -0.2) is 17.5 Å². The topological polar surface area (TPSA) is 116 Å². The van der Waals surface area contributed by atoms with Crippen LogP contribution in [0.3, 0.4) is 0 Å². The molecule has 0 radical (unpaired) electrons. The molecule has 2 atom stereocenters. The second-order valence-corrected chi connectivity index (χ2v) is 3.24. The van der Waals surface area contributed by atoms with Gasteiger partial charge in [-0.15, -0.1) is 0 Å². The first-order valence-electron chi connectivity index (χ1n) is 1.55. The Kier molecular flexibility index (Phi) is 5.09. The van der Waals surface area contributed by atoms with Crippen molar-refractivity contribution in [2.75, 3.05) is 0 Å². The van der Waals surface area contributed by atoms with E-state index in [0.29, 0.717) is 0 Å². The minimum absolute atomic E-state index is 3.04. The van der Waals surface area contributed by atoms with Crippen molar-refractivity contribution < 1.29 is 30.0 Å². The first kappa shape index (κ1) is 10.2. The second kappa shape index (κ2) is 4.97. The fourth-order valence-corrected chi connectivity index (χ4v) is 1.23. The van der Waals surface area contributed by atoms with Gasteiger partial charge in [0.05, 0.1) is 0 Å². The molecule has 10 heteroatoms. The monoisotopic (exact) mass is 207 g/mol. The Bertz CT molecular complexity index is 154. The van der Waals surface area contributed by atoms with E-state index in [1.807, 2.05) is 0 Å². The molecule has 0 heterocycles. The van der Waals surface area contributed by atoms with Gasteiger partial charge < -0.3 is 9.11 Å². The molecule has 10 heavy (non-hydrogen) atoms. The highest BCUT2D eigenvalue weighted by Crippen LogP contribution is 2.25. The second-order valence-electron chi connectivity index (χ2n) is 0.781. The molecule has 0 amide bonds. The van der Waals surface area contributed by atoms with Gasteiger partial charge in [-0.05, 0) is 7.94 Å². The molecule has 0 aliphatic rings. The van der Waals surface area contributed by atoms with E-state index in [0.717, 1.165) is 0 Å². The lowest BCUT2D eigenvalue weighted by Gasteiger charge is -1.93. The van der Waals surface area contributed by atoms with Gasteiger partial charge in [0.1, 0.15) is 22.7 Å². The Labute approximate surface area is 61.7 Å². The average molecular weight is 207 g/mol. The smallest absolute Gasteiger partial charge is 0.725 e. The van der Waals surface area contributed by atoms with Gasteiger partial charge in [-0.3, -0.25) is 0 Å². The van der Waals surface area contributed by atoms with Crippen LogP contribution >= 0.6 is 8.25 Å². The van der Waals surface area contributed by atoms with Crippen LogP contribution in [0.1, 0.15) is 0 Å². The van der Waals surface area contributed by atoms with Gasteiger partial charge in [-0.1, -0.05) is 0 Å². The molecule has 0 bridgehead atoms. The molecule has 0 aliphatic heterocycles. The van der Waals surface area contributed by atoms with E-state index in [-0.39, 0.29) is 0 Å². The molecular weight excluding hydrogens is 207 g/mol.